The Hall–Kier alpha value is -1.63. The van der Waals surface area contributed by atoms with Crippen molar-refractivity contribution in [1.82, 2.24) is 25.8 Å². The molecule has 0 aliphatic carbocycles. The van der Waals surface area contributed by atoms with Crippen molar-refractivity contribution < 1.29 is 9.53 Å². The lowest BCUT2D eigenvalue weighted by atomic mass is 9.96. The Labute approximate surface area is 118 Å². The first-order chi connectivity index (χ1) is 9.45. The molecule has 1 fully saturated rings. The van der Waals surface area contributed by atoms with Crippen LogP contribution in [0.4, 0.5) is 4.79 Å². The summed E-state index contributed by atoms with van der Waals surface area (Å²) in [7, 11) is 0. The molecule has 1 aromatic rings. The van der Waals surface area contributed by atoms with Gasteiger partial charge in [0.25, 0.3) is 0 Å². The molecular formula is C13H23N5O2. The Morgan fingerprint density at radius 1 is 1.50 bits per heavy atom. The molecule has 1 aliphatic rings. The molecule has 3 N–H and O–H groups in total. The second-order valence-electron chi connectivity index (χ2n) is 6.10. The van der Waals surface area contributed by atoms with Crippen molar-refractivity contribution in [3.05, 3.63) is 11.6 Å². The van der Waals surface area contributed by atoms with Gasteiger partial charge in [-0.05, 0) is 12.8 Å². The summed E-state index contributed by atoms with van der Waals surface area (Å²) >= 11 is 0. The predicted octanol–water partition coefficient (Wildman–Crippen LogP) is 1.08. The molecule has 1 aromatic heterocycles. The van der Waals surface area contributed by atoms with Crippen LogP contribution in [0.25, 0.3) is 0 Å². The van der Waals surface area contributed by atoms with Gasteiger partial charge in [-0.25, -0.2) is 9.78 Å². The van der Waals surface area contributed by atoms with Gasteiger partial charge in [-0.1, -0.05) is 20.8 Å². The summed E-state index contributed by atoms with van der Waals surface area (Å²) in [5, 5.41) is 12.7. The van der Waals surface area contributed by atoms with E-state index < -0.39 is 0 Å². The number of H-pyrrole nitrogens is 1. The van der Waals surface area contributed by atoms with Crippen LogP contribution in [0.5, 0.6) is 0 Å². The van der Waals surface area contributed by atoms with E-state index >= 15 is 0 Å². The number of hydrogen-bond donors (Lipinski definition) is 3. The quantitative estimate of drug-likeness (QED) is 0.773. The first kappa shape index (κ1) is 14.8. The van der Waals surface area contributed by atoms with Crippen LogP contribution < -0.4 is 10.6 Å². The number of carbonyl (C=O) groups is 1. The van der Waals surface area contributed by atoms with E-state index in [1.807, 2.05) is 20.8 Å². The zero-order chi connectivity index (χ0) is 14.6. The molecule has 0 bridgehead atoms. The number of nitrogens with one attached hydrogen (secondary N) is 3. The Bertz CT molecular complexity index is 446. The number of amides is 2. The van der Waals surface area contributed by atoms with Crippen LogP contribution in [-0.2, 0) is 16.7 Å². The van der Waals surface area contributed by atoms with Crippen molar-refractivity contribution in [2.45, 2.75) is 51.6 Å². The second kappa shape index (κ2) is 6.21. The van der Waals surface area contributed by atoms with Crippen LogP contribution in [0, 0.1) is 0 Å². The minimum Gasteiger partial charge on any atom is -0.379 e. The lowest BCUT2D eigenvalue weighted by Crippen LogP contribution is -2.45. The Morgan fingerprint density at radius 2 is 2.30 bits per heavy atom. The van der Waals surface area contributed by atoms with Gasteiger partial charge < -0.3 is 15.4 Å². The zero-order valence-corrected chi connectivity index (χ0v) is 12.3. The maximum absolute atomic E-state index is 11.7. The molecule has 2 amide bonds. The summed E-state index contributed by atoms with van der Waals surface area (Å²) in [6.45, 7) is 7.84. The van der Waals surface area contributed by atoms with E-state index in [1.54, 1.807) is 0 Å². The van der Waals surface area contributed by atoms with E-state index in [0.717, 1.165) is 25.3 Å². The summed E-state index contributed by atoms with van der Waals surface area (Å²) in [5.41, 5.74) is -0.101. The zero-order valence-electron chi connectivity index (χ0n) is 12.3. The average Bonchev–Trinajstić information content (AvgIpc) is 2.86. The molecule has 0 spiro atoms. The highest BCUT2D eigenvalue weighted by Crippen LogP contribution is 2.17. The molecule has 7 nitrogen and oxygen atoms in total. The van der Waals surface area contributed by atoms with Gasteiger partial charge in [-0.3, -0.25) is 5.10 Å². The summed E-state index contributed by atoms with van der Waals surface area (Å²) in [4.78, 5) is 16.1. The van der Waals surface area contributed by atoms with Crippen molar-refractivity contribution in [3.8, 4) is 0 Å². The van der Waals surface area contributed by atoms with Crippen LogP contribution in [0.3, 0.4) is 0 Å². The number of rotatable bonds is 3. The second-order valence-corrected chi connectivity index (χ2v) is 6.10. The van der Waals surface area contributed by atoms with Crippen LogP contribution in [-0.4, -0.2) is 40.5 Å². The van der Waals surface area contributed by atoms with E-state index in [9.17, 15) is 4.79 Å². The number of urea groups is 1. The lowest BCUT2D eigenvalue weighted by molar-refractivity contribution is 0.0732. The molecular weight excluding hydrogens is 258 g/mol. The van der Waals surface area contributed by atoms with Crippen LogP contribution in [0.2, 0.25) is 0 Å². The highest BCUT2D eigenvalue weighted by molar-refractivity contribution is 5.74. The summed E-state index contributed by atoms with van der Waals surface area (Å²) in [6, 6.07) is -0.0992. The highest BCUT2D eigenvalue weighted by Gasteiger charge is 2.20. The fourth-order valence-electron chi connectivity index (χ4n) is 1.96. The number of aromatic nitrogens is 3. The van der Waals surface area contributed by atoms with Crippen molar-refractivity contribution in [3.63, 3.8) is 0 Å². The molecule has 2 rings (SSSR count). The van der Waals surface area contributed by atoms with E-state index in [-0.39, 0.29) is 17.5 Å². The molecule has 20 heavy (non-hydrogen) atoms. The van der Waals surface area contributed by atoms with Gasteiger partial charge in [0, 0.05) is 12.0 Å². The number of carbonyl (C=O) groups excluding carboxylic acids is 1. The van der Waals surface area contributed by atoms with Gasteiger partial charge in [-0.15, -0.1) is 0 Å². The van der Waals surface area contributed by atoms with Crippen LogP contribution in [0.15, 0.2) is 0 Å². The molecule has 112 valence electrons. The van der Waals surface area contributed by atoms with E-state index in [1.165, 1.54) is 0 Å². The van der Waals surface area contributed by atoms with Gasteiger partial charge in [0.2, 0.25) is 0 Å². The van der Waals surface area contributed by atoms with Crippen LogP contribution in [0.1, 0.15) is 45.3 Å². The molecule has 2 heterocycles. The van der Waals surface area contributed by atoms with Gasteiger partial charge in [0.15, 0.2) is 5.82 Å². The van der Waals surface area contributed by atoms with E-state index in [0.29, 0.717) is 19.0 Å². The summed E-state index contributed by atoms with van der Waals surface area (Å²) < 4.78 is 5.32. The van der Waals surface area contributed by atoms with E-state index in [4.69, 9.17) is 4.74 Å². The minimum absolute atomic E-state index is 0.101. The Morgan fingerprint density at radius 3 is 2.90 bits per heavy atom. The first-order valence-corrected chi connectivity index (χ1v) is 6.99. The highest BCUT2D eigenvalue weighted by atomic mass is 16.5. The molecule has 1 aliphatic heterocycles. The Balaban J connectivity index is 1.76. The molecule has 7 heteroatoms. The summed E-state index contributed by atoms with van der Waals surface area (Å²) in [6.07, 6.45) is 1.95. The third-order valence-electron chi connectivity index (χ3n) is 3.11. The number of ether oxygens (including phenoxy) is 1. The third kappa shape index (κ3) is 4.19. The van der Waals surface area contributed by atoms with Crippen molar-refractivity contribution in [2.75, 3.05) is 13.2 Å². The third-order valence-corrected chi connectivity index (χ3v) is 3.11. The SMILES string of the molecule is CC(C)(C)c1n[nH]c(CNC(=O)N[C@H]2CCCOC2)n1. The first-order valence-electron chi connectivity index (χ1n) is 6.99. The van der Waals surface area contributed by atoms with Gasteiger partial charge in [0.1, 0.15) is 5.82 Å². The predicted molar refractivity (Wildman–Crippen MR) is 74.3 cm³/mol. The van der Waals surface area contributed by atoms with Crippen molar-refractivity contribution in [1.29, 1.82) is 0 Å². The fourth-order valence-corrected chi connectivity index (χ4v) is 1.96. The largest absolute Gasteiger partial charge is 0.379 e. The summed E-state index contributed by atoms with van der Waals surface area (Å²) in [5.74, 6) is 1.40. The molecule has 0 unspecified atom stereocenters. The number of hydrogen-bond acceptors (Lipinski definition) is 4. The monoisotopic (exact) mass is 281 g/mol. The molecule has 1 saturated heterocycles. The topological polar surface area (TPSA) is 91.9 Å². The van der Waals surface area contributed by atoms with Crippen LogP contribution >= 0.6 is 0 Å². The molecule has 0 aromatic carbocycles. The minimum atomic E-state index is -0.200. The average molecular weight is 281 g/mol. The standard InChI is InChI=1S/C13H23N5O2/c1-13(2,3)11-16-10(17-18-11)7-14-12(19)15-9-5-4-6-20-8-9/h9H,4-8H2,1-3H3,(H2,14,15,19)(H,16,17,18)/t9-/m0/s1. The number of nitrogens with zero attached hydrogens (tertiary/aromatic N) is 2. The molecule has 0 radical (unpaired) electrons. The Kier molecular flexibility index (Phi) is 4.59. The van der Waals surface area contributed by atoms with Crippen molar-refractivity contribution in [2.24, 2.45) is 0 Å². The van der Waals surface area contributed by atoms with Crippen molar-refractivity contribution >= 4 is 6.03 Å². The fraction of sp³-hybridized carbons (Fsp3) is 0.769. The normalized spacial score (nSPS) is 19.6. The lowest BCUT2D eigenvalue weighted by Gasteiger charge is -2.23. The van der Waals surface area contributed by atoms with Gasteiger partial charge in [0.05, 0.1) is 19.2 Å². The van der Waals surface area contributed by atoms with Gasteiger partial charge >= 0.3 is 6.03 Å². The smallest absolute Gasteiger partial charge is 0.315 e. The molecule has 1 atom stereocenters. The number of aromatic amines is 1. The maximum atomic E-state index is 11.7. The maximum Gasteiger partial charge on any atom is 0.315 e. The molecule has 0 saturated carbocycles. The van der Waals surface area contributed by atoms with E-state index in [2.05, 4.69) is 25.8 Å². The van der Waals surface area contributed by atoms with Gasteiger partial charge in [-0.2, -0.15) is 5.10 Å².